The number of nitrogens with one attached hydrogen (secondary N) is 1. The van der Waals surface area contributed by atoms with Crippen LogP contribution in [0.5, 0.6) is 11.5 Å². The molecular formula is C20H21N3O4. The fraction of sp³-hybridized carbons (Fsp3) is 0.250. The van der Waals surface area contributed by atoms with Crippen molar-refractivity contribution in [2.75, 3.05) is 7.11 Å². The molecule has 27 heavy (non-hydrogen) atoms. The summed E-state index contributed by atoms with van der Waals surface area (Å²) in [6.45, 7) is 4.02. The quantitative estimate of drug-likeness (QED) is 0.679. The zero-order chi connectivity index (χ0) is 19.4. The van der Waals surface area contributed by atoms with Gasteiger partial charge in [0, 0.05) is 0 Å². The summed E-state index contributed by atoms with van der Waals surface area (Å²) < 4.78 is 12.0. The van der Waals surface area contributed by atoms with Gasteiger partial charge in [-0.2, -0.15) is 5.10 Å². The number of rotatable bonds is 6. The minimum Gasteiger partial charge on any atom is -0.493 e. The summed E-state index contributed by atoms with van der Waals surface area (Å²) >= 11 is 0. The molecule has 0 bridgehead atoms. The van der Waals surface area contributed by atoms with Crippen LogP contribution in [0.15, 0.2) is 57.2 Å². The van der Waals surface area contributed by atoms with E-state index in [1.165, 1.54) is 6.21 Å². The molecule has 0 saturated heterocycles. The van der Waals surface area contributed by atoms with Crippen molar-refractivity contribution in [3.05, 3.63) is 68.9 Å². The number of hydrogen-bond acceptors (Lipinski definition) is 5. The normalized spacial score (nSPS) is 12.4. The zero-order valence-corrected chi connectivity index (χ0v) is 15.4. The maximum absolute atomic E-state index is 12.5. The highest BCUT2D eigenvalue weighted by Crippen LogP contribution is 2.28. The van der Waals surface area contributed by atoms with Crippen molar-refractivity contribution in [3.63, 3.8) is 0 Å². The van der Waals surface area contributed by atoms with E-state index in [0.29, 0.717) is 28.0 Å². The first-order valence-electron chi connectivity index (χ1n) is 8.66. The molecule has 3 aromatic rings. The van der Waals surface area contributed by atoms with Crippen LogP contribution in [0.3, 0.4) is 0 Å². The largest absolute Gasteiger partial charge is 0.493 e. The van der Waals surface area contributed by atoms with Crippen LogP contribution in [-0.4, -0.2) is 29.1 Å². The molecule has 3 rings (SSSR count). The maximum Gasteiger partial charge on any atom is 0.349 e. The molecule has 1 heterocycles. The van der Waals surface area contributed by atoms with Gasteiger partial charge in [-0.15, -0.1) is 4.68 Å². The van der Waals surface area contributed by atoms with Crippen LogP contribution in [-0.2, 0) is 0 Å². The van der Waals surface area contributed by atoms with E-state index < -0.39 is 11.2 Å². The number of hydrogen-bond donors (Lipinski definition) is 1. The summed E-state index contributed by atoms with van der Waals surface area (Å²) in [6, 6.07) is 12.1. The minimum absolute atomic E-state index is 0.0631. The molecule has 2 aromatic carbocycles. The third-order valence-electron chi connectivity index (χ3n) is 4.20. The van der Waals surface area contributed by atoms with Gasteiger partial charge in [0.25, 0.3) is 5.56 Å². The number of ether oxygens (including phenoxy) is 2. The van der Waals surface area contributed by atoms with Gasteiger partial charge in [-0.1, -0.05) is 19.1 Å². The van der Waals surface area contributed by atoms with E-state index in [1.807, 2.05) is 13.8 Å². The summed E-state index contributed by atoms with van der Waals surface area (Å²) in [6.07, 6.45) is 2.37. The Morgan fingerprint density at radius 3 is 2.70 bits per heavy atom. The first-order chi connectivity index (χ1) is 13.0. The van der Waals surface area contributed by atoms with E-state index in [-0.39, 0.29) is 6.10 Å². The lowest BCUT2D eigenvalue weighted by Gasteiger charge is -2.15. The van der Waals surface area contributed by atoms with E-state index in [0.717, 1.165) is 11.1 Å². The van der Waals surface area contributed by atoms with Crippen LogP contribution in [0.4, 0.5) is 0 Å². The first-order valence-corrected chi connectivity index (χ1v) is 8.66. The maximum atomic E-state index is 12.5. The van der Waals surface area contributed by atoms with Gasteiger partial charge in [-0.3, -0.25) is 4.79 Å². The number of methoxy groups -OCH3 is 1. The number of aromatic amines is 1. The van der Waals surface area contributed by atoms with E-state index in [2.05, 4.69) is 10.1 Å². The van der Waals surface area contributed by atoms with Crippen LogP contribution in [0.1, 0.15) is 25.8 Å². The topological polar surface area (TPSA) is 85.7 Å². The Bertz CT molecular complexity index is 1100. The van der Waals surface area contributed by atoms with Crippen molar-refractivity contribution in [3.8, 4) is 11.5 Å². The second-order valence-corrected chi connectivity index (χ2v) is 6.08. The van der Waals surface area contributed by atoms with Crippen LogP contribution < -0.4 is 20.7 Å². The van der Waals surface area contributed by atoms with E-state index >= 15 is 0 Å². The van der Waals surface area contributed by atoms with E-state index in [9.17, 15) is 9.59 Å². The average molecular weight is 367 g/mol. The van der Waals surface area contributed by atoms with Crippen LogP contribution in [0.25, 0.3) is 10.9 Å². The summed E-state index contributed by atoms with van der Waals surface area (Å²) in [5.41, 5.74) is 0.0721. The number of fused-ring (bicyclic) bond motifs is 1. The van der Waals surface area contributed by atoms with Gasteiger partial charge in [-0.25, -0.2) is 4.79 Å². The molecule has 0 fully saturated rings. The molecule has 140 valence electrons. The smallest absolute Gasteiger partial charge is 0.349 e. The molecule has 7 heteroatoms. The second-order valence-electron chi connectivity index (χ2n) is 6.08. The van der Waals surface area contributed by atoms with Gasteiger partial charge in [0.05, 0.1) is 30.3 Å². The number of aromatic nitrogens is 2. The molecule has 0 radical (unpaired) electrons. The molecule has 0 amide bonds. The van der Waals surface area contributed by atoms with Crippen molar-refractivity contribution in [1.82, 2.24) is 9.66 Å². The Kier molecular flexibility index (Phi) is 5.40. The first kappa shape index (κ1) is 18.4. The number of H-pyrrole nitrogens is 1. The summed E-state index contributed by atoms with van der Waals surface area (Å²) in [5.74, 6) is 1.18. The molecule has 0 aliphatic rings. The van der Waals surface area contributed by atoms with E-state index in [4.69, 9.17) is 9.47 Å². The highest BCUT2D eigenvalue weighted by molar-refractivity contribution is 5.81. The third-order valence-corrected chi connectivity index (χ3v) is 4.20. The Labute approximate surface area is 155 Å². The van der Waals surface area contributed by atoms with Crippen molar-refractivity contribution in [2.24, 2.45) is 5.10 Å². The molecular weight excluding hydrogens is 346 g/mol. The Balaban J connectivity index is 1.96. The molecule has 0 saturated carbocycles. The Hall–Kier alpha value is -3.35. The predicted octanol–water partition coefficient (Wildman–Crippen LogP) is 2.76. The molecule has 1 atom stereocenters. The van der Waals surface area contributed by atoms with Gasteiger partial charge in [0.15, 0.2) is 11.5 Å². The molecule has 0 aliphatic heterocycles. The van der Waals surface area contributed by atoms with Gasteiger partial charge in [-0.05, 0) is 49.2 Å². The molecule has 7 nitrogen and oxygen atoms in total. The predicted molar refractivity (Wildman–Crippen MR) is 105 cm³/mol. The summed E-state index contributed by atoms with van der Waals surface area (Å²) in [7, 11) is 1.55. The fourth-order valence-electron chi connectivity index (χ4n) is 2.54. The highest BCUT2D eigenvalue weighted by atomic mass is 16.5. The van der Waals surface area contributed by atoms with Crippen molar-refractivity contribution >= 4 is 17.1 Å². The number of para-hydroxylation sites is 1. The lowest BCUT2D eigenvalue weighted by atomic mass is 10.2. The Morgan fingerprint density at radius 1 is 1.19 bits per heavy atom. The second kappa shape index (κ2) is 7.90. The summed E-state index contributed by atoms with van der Waals surface area (Å²) in [5, 5.41) is 4.44. The van der Waals surface area contributed by atoms with Crippen LogP contribution in [0, 0.1) is 0 Å². The standard InChI is InChI=1S/C20H21N3O4/c1-4-13(2)27-17-10-9-14(11-18(17)26-3)12-21-23-19(24)15-7-5-6-8-16(15)22-20(23)25/h5-13H,4H2,1-3H3,(H,22,25)/t13-/m1/s1. The van der Waals surface area contributed by atoms with Gasteiger partial charge >= 0.3 is 5.69 Å². The average Bonchev–Trinajstić information content (AvgIpc) is 2.68. The lowest BCUT2D eigenvalue weighted by Crippen LogP contribution is -2.32. The van der Waals surface area contributed by atoms with Crippen LogP contribution >= 0.6 is 0 Å². The highest BCUT2D eigenvalue weighted by Gasteiger charge is 2.09. The monoisotopic (exact) mass is 367 g/mol. The molecule has 1 N–H and O–H groups in total. The molecule has 1 aromatic heterocycles. The van der Waals surface area contributed by atoms with Crippen molar-refractivity contribution < 1.29 is 9.47 Å². The van der Waals surface area contributed by atoms with Crippen LogP contribution in [0.2, 0.25) is 0 Å². The number of benzene rings is 2. The summed E-state index contributed by atoms with van der Waals surface area (Å²) in [4.78, 5) is 27.3. The van der Waals surface area contributed by atoms with Gasteiger partial charge < -0.3 is 14.5 Å². The zero-order valence-electron chi connectivity index (χ0n) is 15.4. The van der Waals surface area contributed by atoms with Gasteiger partial charge in [0.2, 0.25) is 0 Å². The van der Waals surface area contributed by atoms with E-state index in [1.54, 1.807) is 49.6 Å². The molecule has 0 aliphatic carbocycles. The molecule has 0 unspecified atom stereocenters. The SMILES string of the molecule is CC[C@@H](C)Oc1ccc(C=Nn2c(=O)[nH]c3ccccc3c2=O)cc1OC. The lowest BCUT2D eigenvalue weighted by molar-refractivity contribution is 0.207. The third kappa shape index (κ3) is 3.92. The Morgan fingerprint density at radius 2 is 1.96 bits per heavy atom. The number of nitrogens with zero attached hydrogens (tertiary/aromatic N) is 2. The van der Waals surface area contributed by atoms with Crippen molar-refractivity contribution in [2.45, 2.75) is 26.4 Å². The molecule has 0 spiro atoms. The fourth-order valence-corrected chi connectivity index (χ4v) is 2.54. The van der Waals surface area contributed by atoms with Gasteiger partial charge in [0.1, 0.15) is 0 Å². The minimum atomic E-state index is -0.598. The van der Waals surface area contributed by atoms with Crippen molar-refractivity contribution in [1.29, 1.82) is 0 Å².